The molecule has 1 aromatic carbocycles. The number of fused-ring (bicyclic) bond motifs is 1. The van der Waals surface area contributed by atoms with E-state index in [1.54, 1.807) is 0 Å². The molecule has 2 rings (SSSR count). The molecule has 0 bridgehead atoms. The van der Waals surface area contributed by atoms with Crippen LogP contribution in [-0.4, -0.2) is 23.5 Å². The van der Waals surface area contributed by atoms with Gasteiger partial charge in [-0.15, -0.1) is 0 Å². The van der Waals surface area contributed by atoms with Crippen LogP contribution in [0.15, 0.2) is 36.5 Å². The number of nitrogens with one attached hydrogen (secondary N) is 1. The molecular formula is C15H20N2S. The largest absolute Gasteiger partial charge is 0.309 e. The van der Waals surface area contributed by atoms with Crippen molar-refractivity contribution < 1.29 is 0 Å². The standard InChI is InChI=1S/C15H20N2S/c1-3-8-16-15(11-18-2)13-6-7-14-12(10-13)5-4-9-17-14/h4-7,9-10,15-16H,3,8,11H2,1-2H3. The number of hydrogen-bond donors (Lipinski definition) is 1. The second-order valence-electron chi connectivity index (χ2n) is 4.42. The quantitative estimate of drug-likeness (QED) is 0.858. The molecule has 0 amide bonds. The molecule has 0 aliphatic carbocycles. The van der Waals surface area contributed by atoms with E-state index in [1.807, 2.05) is 24.0 Å². The van der Waals surface area contributed by atoms with Crippen LogP contribution in [0.5, 0.6) is 0 Å². The fraction of sp³-hybridized carbons (Fsp3) is 0.400. The predicted octanol–water partition coefficient (Wildman–Crippen LogP) is 3.64. The van der Waals surface area contributed by atoms with E-state index in [4.69, 9.17) is 0 Å². The van der Waals surface area contributed by atoms with Gasteiger partial charge in [-0.2, -0.15) is 11.8 Å². The molecule has 2 nitrogen and oxygen atoms in total. The number of aromatic nitrogens is 1. The molecule has 3 heteroatoms. The summed E-state index contributed by atoms with van der Waals surface area (Å²) < 4.78 is 0. The van der Waals surface area contributed by atoms with Crippen molar-refractivity contribution in [2.75, 3.05) is 18.6 Å². The molecule has 0 spiro atoms. The Balaban J connectivity index is 2.25. The summed E-state index contributed by atoms with van der Waals surface area (Å²) in [7, 11) is 0. The van der Waals surface area contributed by atoms with Gasteiger partial charge in [0.15, 0.2) is 0 Å². The van der Waals surface area contributed by atoms with Crippen LogP contribution < -0.4 is 5.32 Å². The molecule has 0 fully saturated rings. The lowest BCUT2D eigenvalue weighted by molar-refractivity contribution is 0.578. The molecular weight excluding hydrogens is 240 g/mol. The second-order valence-corrected chi connectivity index (χ2v) is 5.33. The molecule has 1 aromatic heterocycles. The Hall–Kier alpha value is -1.06. The molecule has 0 saturated carbocycles. The highest BCUT2D eigenvalue weighted by molar-refractivity contribution is 7.98. The minimum atomic E-state index is 0.435. The van der Waals surface area contributed by atoms with Gasteiger partial charge in [0.1, 0.15) is 0 Å². The Labute approximate surface area is 113 Å². The van der Waals surface area contributed by atoms with E-state index < -0.39 is 0 Å². The SMILES string of the molecule is CCCNC(CSC)c1ccc2ncccc2c1. The van der Waals surface area contributed by atoms with Gasteiger partial charge in [-0.3, -0.25) is 4.98 Å². The van der Waals surface area contributed by atoms with Gasteiger partial charge in [0.05, 0.1) is 5.52 Å². The maximum Gasteiger partial charge on any atom is 0.0702 e. The van der Waals surface area contributed by atoms with E-state index in [1.165, 1.54) is 17.4 Å². The Morgan fingerprint density at radius 1 is 1.33 bits per heavy atom. The molecule has 0 aliphatic rings. The van der Waals surface area contributed by atoms with Crippen LogP contribution in [0, 0.1) is 0 Å². The minimum absolute atomic E-state index is 0.435. The lowest BCUT2D eigenvalue weighted by Crippen LogP contribution is -2.24. The Morgan fingerprint density at radius 2 is 2.22 bits per heavy atom. The van der Waals surface area contributed by atoms with Crippen molar-refractivity contribution in [3.05, 3.63) is 42.1 Å². The molecule has 1 N–H and O–H groups in total. The highest BCUT2D eigenvalue weighted by Crippen LogP contribution is 2.21. The summed E-state index contributed by atoms with van der Waals surface area (Å²) in [6.07, 6.45) is 5.17. The summed E-state index contributed by atoms with van der Waals surface area (Å²) in [6, 6.07) is 11.1. The van der Waals surface area contributed by atoms with Gasteiger partial charge in [0, 0.05) is 23.4 Å². The summed E-state index contributed by atoms with van der Waals surface area (Å²) in [4.78, 5) is 4.36. The summed E-state index contributed by atoms with van der Waals surface area (Å²) in [6.45, 7) is 3.27. The third kappa shape index (κ3) is 3.24. The fourth-order valence-electron chi connectivity index (χ4n) is 2.07. The lowest BCUT2D eigenvalue weighted by Gasteiger charge is -2.18. The monoisotopic (exact) mass is 260 g/mol. The third-order valence-corrected chi connectivity index (χ3v) is 3.67. The van der Waals surface area contributed by atoms with E-state index in [0.717, 1.165) is 17.8 Å². The van der Waals surface area contributed by atoms with Gasteiger partial charge >= 0.3 is 0 Å². The summed E-state index contributed by atoms with van der Waals surface area (Å²) in [5.41, 5.74) is 2.43. The van der Waals surface area contributed by atoms with Crippen molar-refractivity contribution in [3.8, 4) is 0 Å². The van der Waals surface area contributed by atoms with Gasteiger partial charge < -0.3 is 5.32 Å². The first-order valence-electron chi connectivity index (χ1n) is 6.42. The molecule has 0 aliphatic heterocycles. The first kappa shape index (κ1) is 13.4. The maximum atomic E-state index is 4.36. The van der Waals surface area contributed by atoms with E-state index in [2.05, 4.69) is 47.7 Å². The van der Waals surface area contributed by atoms with E-state index in [9.17, 15) is 0 Å². The molecule has 0 saturated heterocycles. The highest BCUT2D eigenvalue weighted by Gasteiger charge is 2.10. The summed E-state index contributed by atoms with van der Waals surface area (Å²) >= 11 is 1.88. The van der Waals surface area contributed by atoms with Gasteiger partial charge in [-0.25, -0.2) is 0 Å². The number of hydrogen-bond acceptors (Lipinski definition) is 3. The predicted molar refractivity (Wildman–Crippen MR) is 81.2 cm³/mol. The second kappa shape index (κ2) is 6.76. The van der Waals surface area contributed by atoms with Crippen LogP contribution in [0.1, 0.15) is 24.9 Å². The van der Waals surface area contributed by atoms with Crippen LogP contribution in [0.4, 0.5) is 0 Å². The van der Waals surface area contributed by atoms with Crippen molar-refractivity contribution in [2.45, 2.75) is 19.4 Å². The number of thioether (sulfide) groups is 1. The van der Waals surface area contributed by atoms with Crippen molar-refractivity contribution >= 4 is 22.7 Å². The third-order valence-electron chi connectivity index (χ3n) is 3.00. The van der Waals surface area contributed by atoms with Gasteiger partial charge in [-0.05, 0) is 43.0 Å². The smallest absolute Gasteiger partial charge is 0.0702 e. The van der Waals surface area contributed by atoms with Gasteiger partial charge in [-0.1, -0.05) is 19.1 Å². The highest BCUT2D eigenvalue weighted by atomic mass is 32.2. The van der Waals surface area contributed by atoms with Crippen molar-refractivity contribution in [1.82, 2.24) is 10.3 Å². The normalized spacial score (nSPS) is 12.8. The van der Waals surface area contributed by atoms with Crippen LogP contribution in [0.3, 0.4) is 0 Å². The van der Waals surface area contributed by atoms with Crippen LogP contribution >= 0.6 is 11.8 Å². The molecule has 1 heterocycles. The first-order chi connectivity index (χ1) is 8.85. The van der Waals surface area contributed by atoms with Crippen LogP contribution in [0.2, 0.25) is 0 Å². The van der Waals surface area contributed by atoms with E-state index in [-0.39, 0.29) is 0 Å². The topological polar surface area (TPSA) is 24.9 Å². The van der Waals surface area contributed by atoms with Gasteiger partial charge in [0.25, 0.3) is 0 Å². The first-order valence-corrected chi connectivity index (χ1v) is 7.81. The molecule has 18 heavy (non-hydrogen) atoms. The molecule has 96 valence electrons. The summed E-state index contributed by atoms with van der Waals surface area (Å²) in [5, 5.41) is 4.83. The molecule has 2 aromatic rings. The Kier molecular flexibility index (Phi) is 5.02. The van der Waals surface area contributed by atoms with Crippen LogP contribution in [-0.2, 0) is 0 Å². The number of rotatable bonds is 6. The number of nitrogens with zero attached hydrogens (tertiary/aromatic N) is 1. The van der Waals surface area contributed by atoms with E-state index in [0.29, 0.717) is 6.04 Å². The minimum Gasteiger partial charge on any atom is -0.309 e. The molecule has 1 unspecified atom stereocenters. The number of pyridine rings is 1. The zero-order valence-corrected chi connectivity index (χ0v) is 11.8. The van der Waals surface area contributed by atoms with Crippen molar-refractivity contribution in [2.24, 2.45) is 0 Å². The van der Waals surface area contributed by atoms with Crippen LogP contribution in [0.25, 0.3) is 10.9 Å². The molecule has 1 atom stereocenters. The number of benzene rings is 1. The van der Waals surface area contributed by atoms with Crippen molar-refractivity contribution in [3.63, 3.8) is 0 Å². The zero-order chi connectivity index (χ0) is 12.8. The van der Waals surface area contributed by atoms with Gasteiger partial charge in [0.2, 0.25) is 0 Å². The maximum absolute atomic E-state index is 4.36. The fourth-order valence-corrected chi connectivity index (χ4v) is 2.71. The van der Waals surface area contributed by atoms with Crippen molar-refractivity contribution in [1.29, 1.82) is 0 Å². The summed E-state index contributed by atoms with van der Waals surface area (Å²) in [5.74, 6) is 1.10. The lowest BCUT2D eigenvalue weighted by atomic mass is 10.1. The molecule has 0 radical (unpaired) electrons. The zero-order valence-electron chi connectivity index (χ0n) is 11.0. The Morgan fingerprint density at radius 3 is 3.00 bits per heavy atom. The average molecular weight is 260 g/mol. The Bertz CT molecular complexity index is 499. The van der Waals surface area contributed by atoms with E-state index >= 15 is 0 Å². The average Bonchev–Trinajstić information content (AvgIpc) is 2.43.